The Morgan fingerprint density at radius 2 is 0.812 bits per heavy atom. The van der Waals surface area contributed by atoms with E-state index in [0.29, 0.717) is 0 Å². The third-order valence-corrected chi connectivity index (χ3v) is 5.17. The molecule has 0 aliphatic rings. The lowest BCUT2D eigenvalue weighted by molar-refractivity contribution is 0.926. The highest BCUT2D eigenvalue weighted by atomic mass is 15.0. The van der Waals surface area contributed by atoms with E-state index in [9.17, 15) is 0 Å². The summed E-state index contributed by atoms with van der Waals surface area (Å²) < 4.78 is 0. The lowest BCUT2D eigenvalue weighted by Gasteiger charge is -2.08. The van der Waals surface area contributed by atoms with Crippen molar-refractivity contribution in [3.05, 3.63) is 81.9 Å². The average Bonchev–Trinajstić information content (AvgIpc) is 2.71. The number of benzene rings is 2. The van der Waals surface area contributed by atoms with E-state index in [0.717, 1.165) is 68.3 Å². The van der Waals surface area contributed by atoms with Crippen LogP contribution < -0.4 is 0 Å². The zero-order chi connectivity index (χ0) is 22.8. The van der Waals surface area contributed by atoms with Gasteiger partial charge in [-0.15, -0.1) is 0 Å². The van der Waals surface area contributed by atoms with Gasteiger partial charge in [-0.25, -0.2) is 29.9 Å². The van der Waals surface area contributed by atoms with Crippen LogP contribution in [0, 0.1) is 41.5 Å². The Hall–Kier alpha value is -3.80. The van der Waals surface area contributed by atoms with Crippen molar-refractivity contribution in [2.45, 2.75) is 41.5 Å². The van der Waals surface area contributed by atoms with Crippen LogP contribution in [0.4, 0.5) is 0 Å². The van der Waals surface area contributed by atoms with Gasteiger partial charge in [-0.3, -0.25) is 0 Å². The van der Waals surface area contributed by atoms with Crippen molar-refractivity contribution in [2.24, 2.45) is 0 Å². The molecule has 0 N–H and O–H groups in total. The molecule has 0 spiro atoms. The monoisotopic (exact) mass is 422 g/mol. The lowest BCUT2D eigenvalue weighted by Crippen LogP contribution is -2.00. The molecule has 0 atom stereocenters. The van der Waals surface area contributed by atoms with E-state index in [1.165, 1.54) is 0 Å². The average molecular weight is 423 g/mol. The Kier molecular flexibility index (Phi) is 5.86. The van der Waals surface area contributed by atoms with Crippen LogP contribution in [-0.4, -0.2) is 29.9 Å². The summed E-state index contributed by atoms with van der Waals surface area (Å²) in [7, 11) is 0. The van der Waals surface area contributed by atoms with Crippen LogP contribution in [-0.2, 0) is 0 Å². The SMILES string of the molecule is Cc1nc(C)nc(-c2ccc(C=Cc3ccc(-c4nc(C)nc(C)n4)c(C)c3)cc2C)n1. The Bertz CT molecular complexity index is 1200. The number of rotatable bonds is 4. The highest BCUT2D eigenvalue weighted by molar-refractivity contribution is 5.74. The van der Waals surface area contributed by atoms with Gasteiger partial charge < -0.3 is 0 Å². The van der Waals surface area contributed by atoms with Crippen molar-refractivity contribution in [3.63, 3.8) is 0 Å². The van der Waals surface area contributed by atoms with Crippen molar-refractivity contribution in [3.8, 4) is 22.8 Å². The van der Waals surface area contributed by atoms with Crippen LogP contribution >= 0.6 is 0 Å². The largest absolute Gasteiger partial charge is 0.219 e. The molecule has 2 aromatic heterocycles. The van der Waals surface area contributed by atoms with Gasteiger partial charge in [0, 0.05) is 11.1 Å². The maximum Gasteiger partial charge on any atom is 0.163 e. The summed E-state index contributed by atoms with van der Waals surface area (Å²) in [5.74, 6) is 4.37. The summed E-state index contributed by atoms with van der Waals surface area (Å²) in [5.41, 5.74) is 6.56. The third kappa shape index (κ3) is 4.75. The summed E-state index contributed by atoms with van der Waals surface area (Å²) >= 11 is 0. The van der Waals surface area contributed by atoms with Crippen molar-refractivity contribution in [1.29, 1.82) is 0 Å². The molecule has 0 saturated heterocycles. The standard InChI is InChI=1S/C26H26N6/c1-15-13-21(9-11-23(15)25-29-17(3)27-18(4)30-25)7-8-22-10-12-24(16(2)14-22)26-31-19(5)28-20(6)32-26/h7-14H,1-6H3. The number of hydrogen-bond acceptors (Lipinski definition) is 6. The maximum atomic E-state index is 4.49. The van der Waals surface area contributed by atoms with E-state index < -0.39 is 0 Å². The Balaban J connectivity index is 1.58. The van der Waals surface area contributed by atoms with E-state index in [1.54, 1.807) is 0 Å². The molecule has 4 rings (SSSR count). The molecule has 6 nitrogen and oxygen atoms in total. The quantitative estimate of drug-likeness (QED) is 0.409. The number of aryl methyl sites for hydroxylation is 6. The van der Waals surface area contributed by atoms with Gasteiger partial charge in [-0.2, -0.15) is 0 Å². The molecule has 0 radical (unpaired) electrons. The predicted octanol–water partition coefficient (Wildman–Crippen LogP) is 5.41. The van der Waals surface area contributed by atoms with Crippen molar-refractivity contribution in [2.75, 3.05) is 0 Å². The van der Waals surface area contributed by atoms with Crippen LogP contribution in [0.3, 0.4) is 0 Å². The molecular formula is C26H26N6. The molecule has 6 heteroatoms. The topological polar surface area (TPSA) is 77.3 Å². The summed E-state index contributed by atoms with van der Waals surface area (Å²) in [5, 5.41) is 0. The van der Waals surface area contributed by atoms with Crippen molar-refractivity contribution < 1.29 is 0 Å². The van der Waals surface area contributed by atoms with E-state index in [-0.39, 0.29) is 0 Å². The van der Waals surface area contributed by atoms with Gasteiger partial charge in [0.05, 0.1) is 0 Å². The molecule has 0 fully saturated rings. The van der Waals surface area contributed by atoms with Gasteiger partial charge in [0.25, 0.3) is 0 Å². The third-order valence-electron chi connectivity index (χ3n) is 5.17. The first kappa shape index (κ1) is 21.4. The van der Waals surface area contributed by atoms with Gasteiger partial charge >= 0.3 is 0 Å². The van der Waals surface area contributed by atoms with E-state index >= 15 is 0 Å². The Morgan fingerprint density at radius 1 is 0.469 bits per heavy atom. The Labute approximate surface area is 188 Å². The fourth-order valence-electron chi connectivity index (χ4n) is 3.75. The first-order valence-corrected chi connectivity index (χ1v) is 10.6. The normalized spacial score (nSPS) is 11.3. The number of hydrogen-bond donors (Lipinski definition) is 0. The summed E-state index contributed by atoms with van der Waals surface area (Å²) in [4.78, 5) is 26.5. The molecule has 2 heterocycles. The van der Waals surface area contributed by atoms with Crippen LogP contribution in [0.25, 0.3) is 34.9 Å². The van der Waals surface area contributed by atoms with Gasteiger partial charge in [0.1, 0.15) is 23.3 Å². The zero-order valence-electron chi connectivity index (χ0n) is 19.3. The van der Waals surface area contributed by atoms with Gasteiger partial charge in [-0.05, 0) is 63.8 Å². The van der Waals surface area contributed by atoms with E-state index in [1.807, 2.05) is 27.7 Å². The molecule has 0 aliphatic carbocycles. The van der Waals surface area contributed by atoms with Gasteiger partial charge in [0.15, 0.2) is 11.6 Å². The van der Waals surface area contributed by atoms with Crippen molar-refractivity contribution >= 4 is 12.2 Å². The van der Waals surface area contributed by atoms with Crippen molar-refractivity contribution in [1.82, 2.24) is 29.9 Å². The molecule has 0 unspecified atom stereocenters. The predicted molar refractivity (Wildman–Crippen MR) is 128 cm³/mol. The first-order valence-electron chi connectivity index (χ1n) is 10.6. The molecule has 4 aromatic rings. The molecule has 0 saturated carbocycles. The minimum Gasteiger partial charge on any atom is -0.219 e. The summed E-state index contributed by atoms with van der Waals surface area (Å²) in [6.07, 6.45) is 4.23. The van der Waals surface area contributed by atoms with E-state index in [4.69, 9.17) is 0 Å². The number of nitrogens with zero attached hydrogens (tertiary/aromatic N) is 6. The number of aromatic nitrogens is 6. The minimum absolute atomic E-state index is 0.720. The molecule has 160 valence electrons. The molecule has 2 aromatic carbocycles. The Morgan fingerprint density at radius 3 is 1.12 bits per heavy atom. The fraction of sp³-hybridized carbons (Fsp3) is 0.231. The van der Waals surface area contributed by atoms with Crippen LogP contribution in [0.2, 0.25) is 0 Å². The van der Waals surface area contributed by atoms with Crippen LogP contribution in [0.5, 0.6) is 0 Å². The fourth-order valence-corrected chi connectivity index (χ4v) is 3.75. The molecule has 32 heavy (non-hydrogen) atoms. The minimum atomic E-state index is 0.720. The van der Waals surface area contributed by atoms with Crippen LogP contribution in [0.15, 0.2) is 36.4 Å². The first-order chi connectivity index (χ1) is 15.3. The second-order valence-electron chi connectivity index (χ2n) is 7.99. The smallest absolute Gasteiger partial charge is 0.163 e. The molecular weight excluding hydrogens is 396 g/mol. The molecule has 0 aliphatic heterocycles. The second kappa shape index (κ2) is 8.75. The van der Waals surface area contributed by atoms with Gasteiger partial charge in [-0.1, -0.05) is 48.6 Å². The maximum absolute atomic E-state index is 4.49. The molecule has 0 amide bonds. The van der Waals surface area contributed by atoms with Crippen LogP contribution in [0.1, 0.15) is 45.6 Å². The zero-order valence-corrected chi connectivity index (χ0v) is 19.3. The van der Waals surface area contributed by atoms with E-state index in [2.05, 4.69) is 92.3 Å². The molecule has 0 bridgehead atoms. The highest BCUT2D eigenvalue weighted by Gasteiger charge is 2.09. The highest BCUT2D eigenvalue weighted by Crippen LogP contribution is 2.24. The lowest BCUT2D eigenvalue weighted by atomic mass is 10.0. The second-order valence-corrected chi connectivity index (χ2v) is 7.99. The summed E-state index contributed by atoms with van der Waals surface area (Å²) in [6.45, 7) is 11.7. The van der Waals surface area contributed by atoms with Gasteiger partial charge in [0.2, 0.25) is 0 Å². The summed E-state index contributed by atoms with van der Waals surface area (Å²) in [6, 6.07) is 12.6.